The van der Waals surface area contributed by atoms with E-state index in [4.69, 9.17) is 0 Å². The van der Waals surface area contributed by atoms with Gasteiger partial charge in [-0.15, -0.1) is 0 Å². The minimum absolute atomic E-state index is 0.151. The van der Waals surface area contributed by atoms with Crippen LogP contribution >= 0.6 is 0 Å². The van der Waals surface area contributed by atoms with E-state index in [-0.39, 0.29) is 6.10 Å². The van der Waals surface area contributed by atoms with Crippen LogP contribution in [0.4, 0.5) is 0 Å². The molecule has 2 rings (SSSR count). The Kier molecular flexibility index (Phi) is 8.17. The number of nitrogens with zero attached hydrogens (tertiary/aromatic N) is 2. The van der Waals surface area contributed by atoms with E-state index in [0.29, 0.717) is 5.92 Å². The Hall–Kier alpha value is -0.810. The van der Waals surface area contributed by atoms with Gasteiger partial charge in [0.2, 0.25) is 0 Å². The Morgan fingerprint density at radius 2 is 2.04 bits per heavy atom. The van der Waals surface area contributed by atoms with E-state index in [1.165, 1.54) is 32.4 Å². The molecule has 0 aromatic carbocycles. The summed E-state index contributed by atoms with van der Waals surface area (Å²) in [6.45, 7) is 9.45. The number of aliphatic hydroxyl groups excluding tert-OH is 1. The average molecular weight is 325 g/mol. The summed E-state index contributed by atoms with van der Waals surface area (Å²) >= 11 is 0. The molecule has 0 bridgehead atoms. The van der Waals surface area contributed by atoms with Crippen molar-refractivity contribution in [2.75, 3.05) is 32.7 Å². The number of nitrogens with one attached hydrogen (secondary N) is 2. The van der Waals surface area contributed by atoms with Crippen molar-refractivity contribution in [3.05, 3.63) is 0 Å². The first-order chi connectivity index (χ1) is 11.2. The average Bonchev–Trinajstić information content (AvgIpc) is 2.96. The molecule has 1 saturated heterocycles. The van der Waals surface area contributed by atoms with Crippen molar-refractivity contribution >= 4 is 5.96 Å². The number of rotatable bonds is 7. The number of aliphatic hydroxyl groups is 1. The van der Waals surface area contributed by atoms with Crippen LogP contribution in [0.1, 0.15) is 58.8 Å². The van der Waals surface area contributed by atoms with Crippen LogP contribution < -0.4 is 10.6 Å². The molecule has 5 heteroatoms. The first kappa shape index (κ1) is 18.5. The zero-order valence-electron chi connectivity index (χ0n) is 15.1. The maximum absolute atomic E-state index is 9.90. The number of hydrogen-bond acceptors (Lipinski definition) is 3. The van der Waals surface area contributed by atoms with Crippen molar-refractivity contribution in [3.8, 4) is 0 Å². The van der Waals surface area contributed by atoms with Crippen LogP contribution in [0.5, 0.6) is 0 Å². The second-order valence-corrected chi connectivity index (χ2v) is 7.14. The van der Waals surface area contributed by atoms with Crippen LogP contribution in [-0.2, 0) is 0 Å². The predicted molar refractivity (Wildman–Crippen MR) is 96.8 cm³/mol. The summed E-state index contributed by atoms with van der Waals surface area (Å²) in [5.41, 5.74) is 0. The predicted octanol–water partition coefficient (Wildman–Crippen LogP) is 1.97. The summed E-state index contributed by atoms with van der Waals surface area (Å²) < 4.78 is 0. The highest BCUT2D eigenvalue weighted by atomic mass is 16.3. The third-order valence-electron chi connectivity index (χ3n) is 5.30. The Bertz CT molecular complexity index is 361. The number of piperidine rings is 1. The van der Waals surface area contributed by atoms with Crippen molar-refractivity contribution < 1.29 is 5.11 Å². The van der Waals surface area contributed by atoms with E-state index in [2.05, 4.69) is 34.4 Å². The normalized spacial score (nSPS) is 29.7. The molecule has 0 aromatic heterocycles. The Morgan fingerprint density at radius 1 is 1.17 bits per heavy atom. The molecular formula is C18H36N4O. The molecule has 2 fully saturated rings. The van der Waals surface area contributed by atoms with E-state index < -0.39 is 0 Å². The van der Waals surface area contributed by atoms with E-state index >= 15 is 0 Å². The highest BCUT2D eigenvalue weighted by Gasteiger charge is 2.24. The monoisotopic (exact) mass is 324 g/mol. The van der Waals surface area contributed by atoms with E-state index in [1.54, 1.807) is 0 Å². The van der Waals surface area contributed by atoms with Crippen LogP contribution in [0, 0.1) is 5.92 Å². The zero-order valence-corrected chi connectivity index (χ0v) is 15.1. The molecule has 3 unspecified atom stereocenters. The minimum Gasteiger partial charge on any atom is -0.393 e. The first-order valence-electron chi connectivity index (χ1n) is 9.65. The van der Waals surface area contributed by atoms with Gasteiger partial charge in [0.1, 0.15) is 0 Å². The summed E-state index contributed by atoms with van der Waals surface area (Å²) in [5, 5.41) is 16.7. The lowest BCUT2D eigenvalue weighted by Gasteiger charge is -2.33. The van der Waals surface area contributed by atoms with Crippen molar-refractivity contribution in [3.63, 3.8) is 0 Å². The van der Waals surface area contributed by atoms with Gasteiger partial charge in [-0.2, -0.15) is 0 Å². The Balaban J connectivity index is 1.67. The van der Waals surface area contributed by atoms with Gasteiger partial charge >= 0.3 is 0 Å². The molecule has 1 saturated carbocycles. The lowest BCUT2D eigenvalue weighted by atomic mass is 10.0. The highest BCUT2D eigenvalue weighted by Crippen LogP contribution is 2.25. The summed E-state index contributed by atoms with van der Waals surface area (Å²) in [7, 11) is 0. The molecule has 5 nitrogen and oxygen atoms in total. The lowest BCUT2D eigenvalue weighted by Crippen LogP contribution is -2.41. The fourth-order valence-electron chi connectivity index (χ4n) is 3.76. The van der Waals surface area contributed by atoms with Gasteiger partial charge in [0, 0.05) is 38.1 Å². The van der Waals surface area contributed by atoms with Gasteiger partial charge < -0.3 is 20.6 Å². The summed E-state index contributed by atoms with van der Waals surface area (Å²) in [6, 6.07) is 0.745. The summed E-state index contributed by atoms with van der Waals surface area (Å²) in [5.74, 6) is 1.25. The Labute approximate surface area is 141 Å². The van der Waals surface area contributed by atoms with Crippen LogP contribution in [0.3, 0.4) is 0 Å². The molecule has 0 spiro atoms. The van der Waals surface area contributed by atoms with E-state index in [9.17, 15) is 5.11 Å². The van der Waals surface area contributed by atoms with Crippen molar-refractivity contribution in [2.24, 2.45) is 10.9 Å². The number of hydrogen-bond donors (Lipinski definition) is 3. The SMILES string of the molecule is CCNC(=NCC1CCCC1O)NCCCN1CCCCC1C. The van der Waals surface area contributed by atoms with Crippen molar-refractivity contribution in [1.82, 2.24) is 15.5 Å². The van der Waals surface area contributed by atoms with Crippen molar-refractivity contribution in [1.29, 1.82) is 0 Å². The third-order valence-corrected chi connectivity index (χ3v) is 5.30. The second-order valence-electron chi connectivity index (χ2n) is 7.14. The van der Waals surface area contributed by atoms with Gasteiger partial charge in [-0.3, -0.25) is 4.99 Å². The number of aliphatic imine (C=N–C) groups is 1. The summed E-state index contributed by atoms with van der Waals surface area (Å²) in [6.07, 6.45) is 8.28. The van der Waals surface area contributed by atoms with Crippen LogP contribution in [0.15, 0.2) is 4.99 Å². The van der Waals surface area contributed by atoms with Gasteiger partial charge in [0.25, 0.3) is 0 Å². The highest BCUT2D eigenvalue weighted by molar-refractivity contribution is 5.79. The maximum Gasteiger partial charge on any atom is 0.191 e. The van der Waals surface area contributed by atoms with Gasteiger partial charge in [-0.25, -0.2) is 0 Å². The standard InChI is InChI=1S/C18H36N4O/c1-3-19-18(21-14-16-9-6-10-17(16)23)20-11-7-13-22-12-5-4-8-15(22)2/h15-17,23H,3-14H2,1-2H3,(H2,19,20,21). The topological polar surface area (TPSA) is 59.9 Å². The Morgan fingerprint density at radius 3 is 2.74 bits per heavy atom. The third kappa shape index (κ3) is 6.30. The fourth-order valence-corrected chi connectivity index (χ4v) is 3.76. The molecular weight excluding hydrogens is 288 g/mol. The molecule has 0 amide bonds. The molecule has 3 atom stereocenters. The smallest absolute Gasteiger partial charge is 0.191 e. The molecule has 134 valence electrons. The maximum atomic E-state index is 9.90. The van der Waals surface area contributed by atoms with E-state index in [1.807, 2.05) is 0 Å². The van der Waals surface area contributed by atoms with Crippen molar-refractivity contribution in [2.45, 2.75) is 70.9 Å². The summed E-state index contributed by atoms with van der Waals surface area (Å²) in [4.78, 5) is 7.28. The van der Waals surface area contributed by atoms with Crippen LogP contribution in [-0.4, -0.2) is 60.8 Å². The largest absolute Gasteiger partial charge is 0.393 e. The second kappa shape index (κ2) is 10.1. The minimum atomic E-state index is -0.151. The van der Waals surface area contributed by atoms with E-state index in [0.717, 1.165) is 57.3 Å². The number of likely N-dealkylation sites (tertiary alicyclic amines) is 1. The quantitative estimate of drug-likeness (QED) is 0.381. The molecule has 1 heterocycles. The molecule has 3 N–H and O–H groups in total. The fraction of sp³-hybridized carbons (Fsp3) is 0.944. The lowest BCUT2D eigenvalue weighted by molar-refractivity contribution is 0.136. The van der Waals surface area contributed by atoms with Gasteiger partial charge in [0.05, 0.1) is 6.10 Å². The molecule has 2 aliphatic rings. The van der Waals surface area contributed by atoms with Gasteiger partial charge in [-0.05, 0) is 52.5 Å². The van der Waals surface area contributed by atoms with Gasteiger partial charge in [0.15, 0.2) is 5.96 Å². The first-order valence-corrected chi connectivity index (χ1v) is 9.65. The van der Waals surface area contributed by atoms with Gasteiger partial charge in [-0.1, -0.05) is 12.8 Å². The van der Waals surface area contributed by atoms with Crippen LogP contribution in [0.25, 0.3) is 0 Å². The zero-order chi connectivity index (χ0) is 16.5. The molecule has 23 heavy (non-hydrogen) atoms. The van der Waals surface area contributed by atoms with Crippen LogP contribution in [0.2, 0.25) is 0 Å². The molecule has 1 aliphatic heterocycles. The molecule has 0 aromatic rings. The number of guanidine groups is 1. The molecule has 0 radical (unpaired) electrons. The molecule has 1 aliphatic carbocycles.